The Morgan fingerprint density at radius 3 is 2.37 bits per heavy atom. The number of ether oxygens (including phenoxy) is 3. The molecule has 0 aliphatic carbocycles. The lowest BCUT2D eigenvalue weighted by Gasteiger charge is -2.11. The first-order valence-corrected chi connectivity index (χ1v) is 9.27. The topological polar surface area (TPSA) is 56.8 Å². The van der Waals surface area contributed by atoms with Gasteiger partial charge in [0.1, 0.15) is 5.75 Å². The number of nitrogens with one attached hydrogen (secondary N) is 1. The maximum atomic E-state index is 12.0. The molecule has 0 saturated carbocycles. The molecule has 5 nitrogen and oxygen atoms in total. The van der Waals surface area contributed by atoms with Gasteiger partial charge in [-0.05, 0) is 54.2 Å². The zero-order chi connectivity index (χ0) is 19.6. The first-order valence-electron chi connectivity index (χ1n) is 9.27. The highest BCUT2D eigenvalue weighted by atomic mass is 16.5. The third-order valence-electron chi connectivity index (χ3n) is 4.62. The summed E-state index contributed by atoms with van der Waals surface area (Å²) in [5.74, 6) is 2.47. The Bertz CT molecular complexity index is 728. The molecule has 0 aliphatic heterocycles. The van der Waals surface area contributed by atoms with Crippen LogP contribution in [-0.4, -0.2) is 33.3 Å². The average Bonchev–Trinajstić information content (AvgIpc) is 2.71. The second kappa shape index (κ2) is 10.5. The molecule has 0 heterocycles. The van der Waals surface area contributed by atoms with E-state index in [9.17, 15) is 4.79 Å². The van der Waals surface area contributed by atoms with Crippen LogP contribution in [0.4, 0.5) is 0 Å². The third-order valence-corrected chi connectivity index (χ3v) is 4.62. The van der Waals surface area contributed by atoms with Crippen LogP contribution >= 0.6 is 0 Å². The zero-order valence-electron chi connectivity index (χ0n) is 16.6. The number of hydrogen-bond acceptors (Lipinski definition) is 4. The van der Waals surface area contributed by atoms with Crippen LogP contribution in [0.2, 0.25) is 0 Å². The number of carbonyl (C=O) groups is 1. The molecule has 0 spiro atoms. The first-order chi connectivity index (χ1) is 13.1. The van der Waals surface area contributed by atoms with Gasteiger partial charge in [-0.15, -0.1) is 0 Å². The molecule has 1 N–H and O–H groups in total. The quantitative estimate of drug-likeness (QED) is 0.687. The smallest absolute Gasteiger partial charge is 0.257 e. The van der Waals surface area contributed by atoms with Crippen molar-refractivity contribution in [1.82, 2.24) is 5.32 Å². The van der Waals surface area contributed by atoms with Crippen molar-refractivity contribution >= 4 is 5.91 Å². The summed E-state index contributed by atoms with van der Waals surface area (Å²) in [6, 6.07) is 13.7. The van der Waals surface area contributed by atoms with E-state index >= 15 is 0 Å². The highest BCUT2D eigenvalue weighted by Gasteiger charge is 2.07. The fourth-order valence-corrected chi connectivity index (χ4v) is 2.71. The maximum Gasteiger partial charge on any atom is 0.257 e. The van der Waals surface area contributed by atoms with Gasteiger partial charge in [0.25, 0.3) is 5.91 Å². The molecule has 0 bridgehead atoms. The average molecular weight is 371 g/mol. The van der Waals surface area contributed by atoms with Gasteiger partial charge in [0.15, 0.2) is 18.1 Å². The van der Waals surface area contributed by atoms with E-state index in [2.05, 4.69) is 31.3 Å². The molecule has 1 atom stereocenters. The van der Waals surface area contributed by atoms with E-state index in [0.29, 0.717) is 36.1 Å². The largest absolute Gasteiger partial charge is 0.493 e. The Morgan fingerprint density at radius 2 is 1.74 bits per heavy atom. The van der Waals surface area contributed by atoms with E-state index < -0.39 is 0 Å². The summed E-state index contributed by atoms with van der Waals surface area (Å²) in [5.41, 5.74) is 2.35. The number of rotatable bonds is 10. The molecule has 1 unspecified atom stereocenters. The van der Waals surface area contributed by atoms with Gasteiger partial charge >= 0.3 is 0 Å². The van der Waals surface area contributed by atoms with Crippen LogP contribution < -0.4 is 19.5 Å². The number of amides is 1. The van der Waals surface area contributed by atoms with Gasteiger partial charge in [-0.25, -0.2) is 0 Å². The normalized spacial score (nSPS) is 11.6. The fraction of sp³-hybridized carbons (Fsp3) is 0.409. The van der Waals surface area contributed by atoms with E-state index in [1.54, 1.807) is 14.2 Å². The van der Waals surface area contributed by atoms with Crippen LogP contribution in [0.3, 0.4) is 0 Å². The van der Waals surface area contributed by atoms with E-state index in [-0.39, 0.29) is 12.5 Å². The lowest BCUT2D eigenvalue weighted by Crippen LogP contribution is -2.30. The van der Waals surface area contributed by atoms with E-state index in [1.807, 2.05) is 30.3 Å². The van der Waals surface area contributed by atoms with Crippen molar-refractivity contribution in [3.63, 3.8) is 0 Å². The number of methoxy groups -OCH3 is 2. The molecule has 0 fully saturated rings. The number of benzene rings is 2. The Labute approximate surface area is 161 Å². The third kappa shape index (κ3) is 6.20. The van der Waals surface area contributed by atoms with E-state index in [1.165, 1.54) is 5.56 Å². The molecule has 2 aromatic rings. The summed E-state index contributed by atoms with van der Waals surface area (Å²) in [4.78, 5) is 12.0. The van der Waals surface area contributed by atoms with Crippen LogP contribution in [0.15, 0.2) is 42.5 Å². The van der Waals surface area contributed by atoms with Gasteiger partial charge in [-0.1, -0.05) is 32.0 Å². The molecule has 27 heavy (non-hydrogen) atoms. The van der Waals surface area contributed by atoms with Crippen molar-refractivity contribution in [3.8, 4) is 17.2 Å². The van der Waals surface area contributed by atoms with Crippen molar-refractivity contribution < 1.29 is 19.0 Å². The molecular weight excluding hydrogens is 342 g/mol. The Balaban J connectivity index is 1.75. The van der Waals surface area contributed by atoms with E-state index in [0.717, 1.165) is 12.0 Å². The summed E-state index contributed by atoms with van der Waals surface area (Å²) in [7, 11) is 3.21. The van der Waals surface area contributed by atoms with Crippen LogP contribution in [-0.2, 0) is 11.2 Å². The minimum atomic E-state index is -0.138. The second-order valence-electron chi connectivity index (χ2n) is 6.46. The predicted octanol–water partition coefficient (Wildman–Crippen LogP) is 3.96. The lowest BCUT2D eigenvalue weighted by molar-refractivity contribution is -0.123. The molecule has 0 aliphatic rings. The van der Waals surface area contributed by atoms with Crippen LogP contribution in [0, 0.1) is 0 Å². The number of carbonyl (C=O) groups excluding carboxylic acids is 1. The molecule has 2 aromatic carbocycles. The maximum absolute atomic E-state index is 12.0. The van der Waals surface area contributed by atoms with Gasteiger partial charge in [0, 0.05) is 6.54 Å². The van der Waals surface area contributed by atoms with Gasteiger partial charge in [0.2, 0.25) is 0 Å². The minimum absolute atomic E-state index is 0.00854. The minimum Gasteiger partial charge on any atom is -0.493 e. The zero-order valence-corrected chi connectivity index (χ0v) is 16.6. The summed E-state index contributed by atoms with van der Waals surface area (Å²) in [6.07, 6.45) is 1.80. The molecule has 146 valence electrons. The van der Waals surface area contributed by atoms with Crippen molar-refractivity contribution in [2.24, 2.45) is 0 Å². The SMILES string of the molecule is CCC(C)c1ccc(OCC(=O)NCCc2ccc(OC)c(OC)c2)cc1. The van der Waals surface area contributed by atoms with Crippen LogP contribution in [0.1, 0.15) is 37.3 Å². The number of hydrogen-bond donors (Lipinski definition) is 1. The Hall–Kier alpha value is -2.69. The van der Waals surface area contributed by atoms with Gasteiger partial charge in [-0.2, -0.15) is 0 Å². The lowest BCUT2D eigenvalue weighted by atomic mass is 9.99. The fourth-order valence-electron chi connectivity index (χ4n) is 2.71. The monoisotopic (exact) mass is 371 g/mol. The van der Waals surface area contributed by atoms with Gasteiger partial charge in [0.05, 0.1) is 14.2 Å². The highest BCUT2D eigenvalue weighted by molar-refractivity contribution is 5.77. The standard InChI is InChI=1S/C22H29NO4/c1-5-16(2)18-7-9-19(10-8-18)27-15-22(24)23-13-12-17-6-11-20(25-3)21(14-17)26-4/h6-11,14,16H,5,12-13,15H2,1-4H3,(H,23,24). The molecule has 2 rings (SSSR count). The van der Waals surface area contributed by atoms with Gasteiger partial charge in [-0.3, -0.25) is 4.79 Å². The van der Waals surface area contributed by atoms with E-state index in [4.69, 9.17) is 14.2 Å². The molecule has 0 aromatic heterocycles. The molecule has 0 radical (unpaired) electrons. The Kier molecular flexibility index (Phi) is 7.99. The predicted molar refractivity (Wildman–Crippen MR) is 107 cm³/mol. The summed E-state index contributed by atoms with van der Waals surface area (Å²) in [5, 5.41) is 2.87. The summed E-state index contributed by atoms with van der Waals surface area (Å²) >= 11 is 0. The molecule has 1 amide bonds. The first kappa shape index (κ1) is 20.6. The van der Waals surface area contributed by atoms with Crippen molar-refractivity contribution in [2.45, 2.75) is 32.6 Å². The summed E-state index contributed by atoms with van der Waals surface area (Å²) < 4.78 is 16.1. The van der Waals surface area contributed by atoms with Crippen LogP contribution in [0.25, 0.3) is 0 Å². The molecule has 5 heteroatoms. The highest BCUT2D eigenvalue weighted by Crippen LogP contribution is 2.27. The van der Waals surface area contributed by atoms with Gasteiger partial charge < -0.3 is 19.5 Å². The summed E-state index contributed by atoms with van der Waals surface area (Å²) in [6.45, 7) is 4.91. The van der Waals surface area contributed by atoms with Crippen molar-refractivity contribution in [3.05, 3.63) is 53.6 Å². The van der Waals surface area contributed by atoms with Crippen LogP contribution in [0.5, 0.6) is 17.2 Å². The van der Waals surface area contributed by atoms with Crippen molar-refractivity contribution in [2.75, 3.05) is 27.4 Å². The molecule has 0 saturated heterocycles. The second-order valence-corrected chi connectivity index (χ2v) is 6.46. The molecular formula is C22H29NO4. The van der Waals surface area contributed by atoms with Crippen molar-refractivity contribution in [1.29, 1.82) is 0 Å². The Morgan fingerprint density at radius 1 is 1.04 bits per heavy atom.